The molecule has 0 aromatic heterocycles. The Morgan fingerprint density at radius 3 is 2.39 bits per heavy atom. The molecule has 4 rings (SSSR count). The van der Waals surface area contributed by atoms with Gasteiger partial charge >= 0.3 is 5.97 Å². The van der Waals surface area contributed by atoms with Crippen LogP contribution in [0, 0.1) is 0 Å². The number of carbonyl (C=O) groups is 2. The van der Waals surface area contributed by atoms with E-state index >= 15 is 0 Å². The van der Waals surface area contributed by atoms with Gasteiger partial charge in [-0.05, 0) is 49.4 Å². The van der Waals surface area contributed by atoms with E-state index < -0.39 is 11.9 Å². The van der Waals surface area contributed by atoms with Crippen LogP contribution in [-0.4, -0.2) is 25.5 Å². The Labute approximate surface area is 182 Å². The summed E-state index contributed by atoms with van der Waals surface area (Å²) in [6.07, 6.45) is 1.15. The molecule has 2 atom stereocenters. The monoisotopic (exact) mass is 417 g/mol. The number of hydrogen-bond acceptors (Lipinski definition) is 5. The van der Waals surface area contributed by atoms with E-state index in [1.807, 2.05) is 56.3 Å². The number of rotatable bonds is 5. The summed E-state index contributed by atoms with van der Waals surface area (Å²) in [5, 5.41) is 3.36. The zero-order valence-electron chi connectivity index (χ0n) is 18.1. The summed E-state index contributed by atoms with van der Waals surface area (Å²) < 4.78 is 10.6. The number of dihydropyridines is 1. The number of carbonyl (C=O) groups excluding carboxylic acids is 2. The van der Waals surface area contributed by atoms with E-state index in [1.165, 1.54) is 7.11 Å². The van der Waals surface area contributed by atoms with Gasteiger partial charge in [-0.3, -0.25) is 4.79 Å². The number of ketones is 1. The van der Waals surface area contributed by atoms with E-state index in [-0.39, 0.29) is 11.7 Å². The first kappa shape index (κ1) is 20.9. The van der Waals surface area contributed by atoms with Crippen LogP contribution in [0.2, 0.25) is 0 Å². The van der Waals surface area contributed by atoms with Crippen LogP contribution < -0.4 is 10.1 Å². The molecule has 0 saturated carbocycles. The quantitative estimate of drug-likeness (QED) is 0.719. The van der Waals surface area contributed by atoms with Gasteiger partial charge in [0, 0.05) is 29.3 Å². The Morgan fingerprint density at radius 1 is 1.03 bits per heavy atom. The molecule has 5 nitrogen and oxygen atoms in total. The summed E-state index contributed by atoms with van der Waals surface area (Å²) in [4.78, 5) is 26.2. The summed E-state index contributed by atoms with van der Waals surface area (Å²) in [6.45, 7) is 4.38. The minimum atomic E-state index is -0.455. The predicted molar refractivity (Wildman–Crippen MR) is 119 cm³/mol. The zero-order valence-corrected chi connectivity index (χ0v) is 18.1. The Balaban J connectivity index is 1.78. The number of Topliss-reactive ketones (excluding diaryl/α,β-unsaturated/α-hetero) is 1. The molecule has 2 aliphatic rings. The summed E-state index contributed by atoms with van der Waals surface area (Å²) in [7, 11) is 1.37. The molecule has 0 amide bonds. The Hall–Kier alpha value is -3.34. The molecule has 1 aliphatic carbocycles. The van der Waals surface area contributed by atoms with Gasteiger partial charge in [0.1, 0.15) is 5.75 Å². The van der Waals surface area contributed by atoms with Gasteiger partial charge < -0.3 is 14.8 Å². The van der Waals surface area contributed by atoms with Crippen LogP contribution in [-0.2, 0) is 14.3 Å². The molecule has 160 valence electrons. The second-order valence-corrected chi connectivity index (χ2v) is 7.92. The molecule has 0 radical (unpaired) electrons. The molecule has 0 fully saturated rings. The first-order valence-corrected chi connectivity index (χ1v) is 10.6. The number of nitrogens with one attached hydrogen (secondary N) is 1. The van der Waals surface area contributed by atoms with Gasteiger partial charge in [-0.1, -0.05) is 42.5 Å². The van der Waals surface area contributed by atoms with E-state index in [0.29, 0.717) is 24.2 Å². The average molecular weight is 418 g/mol. The fourth-order valence-electron chi connectivity index (χ4n) is 4.64. The molecular formula is C26H27NO4. The molecule has 31 heavy (non-hydrogen) atoms. The zero-order chi connectivity index (χ0) is 22.0. The summed E-state index contributed by atoms with van der Waals surface area (Å²) in [6, 6.07) is 17.7. The third-order valence-corrected chi connectivity index (χ3v) is 6.03. The van der Waals surface area contributed by atoms with Crippen LogP contribution in [0.3, 0.4) is 0 Å². The van der Waals surface area contributed by atoms with Gasteiger partial charge in [0.25, 0.3) is 0 Å². The van der Waals surface area contributed by atoms with Gasteiger partial charge in [0.15, 0.2) is 5.78 Å². The van der Waals surface area contributed by atoms with Gasteiger partial charge in [-0.2, -0.15) is 0 Å². The van der Waals surface area contributed by atoms with Gasteiger partial charge in [-0.15, -0.1) is 0 Å². The lowest BCUT2D eigenvalue weighted by molar-refractivity contribution is -0.136. The van der Waals surface area contributed by atoms with E-state index in [9.17, 15) is 9.59 Å². The summed E-state index contributed by atoms with van der Waals surface area (Å²) in [5.74, 6) is 0.0645. The molecule has 0 bridgehead atoms. The van der Waals surface area contributed by atoms with Gasteiger partial charge in [-0.25, -0.2) is 4.79 Å². The van der Waals surface area contributed by atoms with Crippen LogP contribution in [0.25, 0.3) is 0 Å². The molecule has 0 unspecified atom stereocenters. The highest BCUT2D eigenvalue weighted by molar-refractivity contribution is 6.04. The second-order valence-electron chi connectivity index (χ2n) is 7.92. The number of benzene rings is 2. The van der Waals surface area contributed by atoms with Crippen LogP contribution in [0.1, 0.15) is 49.7 Å². The number of allylic oxidation sites excluding steroid dienone is 3. The Kier molecular flexibility index (Phi) is 5.94. The fraction of sp³-hybridized carbons (Fsp3) is 0.308. The van der Waals surface area contributed by atoms with Crippen molar-refractivity contribution in [2.24, 2.45) is 0 Å². The largest absolute Gasteiger partial charge is 0.494 e. The maximum absolute atomic E-state index is 13.4. The smallest absolute Gasteiger partial charge is 0.336 e. The lowest BCUT2D eigenvalue weighted by atomic mass is 9.72. The standard InChI is InChI=1S/C26H27NO4/c1-4-31-20-12-10-18(11-13-20)24-23(26(29)30-3)16(2)27-21-14-19(15-22(28)25(21)24)17-8-6-5-7-9-17/h5-13,19,24,27H,4,14-15H2,1-3H3/t19-,24-/m0/s1. The van der Waals surface area contributed by atoms with Crippen molar-refractivity contribution < 1.29 is 19.1 Å². The molecule has 2 aromatic rings. The minimum absolute atomic E-state index is 0.0652. The summed E-state index contributed by atoms with van der Waals surface area (Å²) in [5.41, 5.74) is 4.81. The van der Waals surface area contributed by atoms with Crippen molar-refractivity contribution in [3.05, 3.63) is 88.3 Å². The molecule has 1 heterocycles. The molecule has 0 spiro atoms. The number of methoxy groups -OCH3 is 1. The Bertz CT molecular complexity index is 1050. The maximum atomic E-state index is 13.4. The highest BCUT2D eigenvalue weighted by Gasteiger charge is 2.41. The highest BCUT2D eigenvalue weighted by atomic mass is 16.5. The maximum Gasteiger partial charge on any atom is 0.336 e. The molecule has 2 aromatic carbocycles. The van der Waals surface area contributed by atoms with Crippen molar-refractivity contribution in [3.8, 4) is 5.75 Å². The highest BCUT2D eigenvalue weighted by Crippen LogP contribution is 2.45. The van der Waals surface area contributed by atoms with Gasteiger partial charge in [0.05, 0.1) is 19.3 Å². The molecular weight excluding hydrogens is 390 g/mol. The Morgan fingerprint density at radius 2 is 1.74 bits per heavy atom. The SMILES string of the molecule is CCOc1ccc([C@H]2C(C(=O)OC)=C(C)NC3=C2C(=O)C[C@@H](c2ccccc2)C3)cc1. The van der Waals surface area contributed by atoms with E-state index in [4.69, 9.17) is 9.47 Å². The fourth-order valence-corrected chi connectivity index (χ4v) is 4.64. The van der Waals surface area contributed by atoms with E-state index in [2.05, 4.69) is 17.4 Å². The lowest BCUT2D eigenvalue weighted by Crippen LogP contribution is -2.36. The molecule has 1 N–H and O–H groups in total. The second kappa shape index (κ2) is 8.80. The van der Waals surface area contributed by atoms with Crippen LogP contribution in [0.15, 0.2) is 77.1 Å². The van der Waals surface area contributed by atoms with E-state index in [0.717, 1.165) is 34.7 Å². The van der Waals surface area contributed by atoms with Crippen LogP contribution >= 0.6 is 0 Å². The number of esters is 1. The van der Waals surface area contributed by atoms with Crippen molar-refractivity contribution in [2.75, 3.05) is 13.7 Å². The third kappa shape index (κ3) is 4.00. The first-order chi connectivity index (χ1) is 15.0. The summed E-state index contributed by atoms with van der Waals surface area (Å²) >= 11 is 0. The third-order valence-electron chi connectivity index (χ3n) is 6.03. The van der Waals surface area contributed by atoms with Crippen LogP contribution in [0.4, 0.5) is 0 Å². The topological polar surface area (TPSA) is 64.6 Å². The molecule has 1 aliphatic heterocycles. The van der Waals surface area contributed by atoms with Crippen molar-refractivity contribution in [1.82, 2.24) is 5.32 Å². The lowest BCUT2D eigenvalue weighted by Gasteiger charge is -2.36. The van der Waals surface area contributed by atoms with Crippen molar-refractivity contribution in [1.29, 1.82) is 0 Å². The molecule has 5 heteroatoms. The van der Waals surface area contributed by atoms with Crippen LogP contribution in [0.5, 0.6) is 5.75 Å². The number of hydrogen-bond donors (Lipinski definition) is 1. The van der Waals surface area contributed by atoms with Gasteiger partial charge in [0.2, 0.25) is 0 Å². The normalized spacial score (nSPS) is 20.8. The first-order valence-electron chi connectivity index (χ1n) is 10.6. The van der Waals surface area contributed by atoms with Crippen molar-refractivity contribution in [2.45, 2.75) is 38.5 Å². The predicted octanol–water partition coefficient (Wildman–Crippen LogP) is 4.62. The van der Waals surface area contributed by atoms with Crippen molar-refractivity contribution >= 4 is 11.8 Å². The molecule has 0 saturated heterocycles. The number of ether oxygens (including phenoxy) is 2. The minimum Gasteiger partial charge on any atom is -0.494 e. The van der Waals surface area contributed by atoms with Crippen molar-refractivity contribution in [3.63, 3.8) is 0 Å². The average Bonchev–Trinajstić information content (AvgIpc) is 2.79. The van der Waals surface area contributed by atoms with E-state index in [1.54, 1.807) is 0 Å².